The van der Waals surface area contributed by atoms with Crippen LogP contribution in [0.4, 0.5) is 4.79 Å². The third-order valence-corrected chi connectivity index (χ3v) is 4.92. The molecule has 110 valence electrons. The number of rotatable bonds is 4. The van der Waals surface area contributed by atoms with E-state index in [0.717, 1.165) is 12.2 Å². The number of thioether (sulfide) groups is 1. The highest BCUT2D eigenvalue weighted by molar-refractivity contribution is 7.99. The molecule has 0 aliphatic carbocycles. The first-order chi connectivity index (χ1) is 9.58. The second-order valence-corrected chi connectivity index (χ2v) is 6.74. The van der Waals surface area contributed by atoms with E-state index in [2.05, 4.69) is 10.7 Å². The minimum absolute atomic E-state index is 0.0128. The molecule has 0 radical (unpaired) electrons. The Morgan fingerprint density at radius 1 is 1.60 bits per heavy atom. The van der Waals surface area contributed by atoms with Gasteiger partial charge < -0.3 is 15.3 Å². The van der Waals surface area contributed by atoms with E-state index in [1.807, 2.05) is 18.4 Å². The van der Waals surface area contributed by atoms with Crippen molar-refractivity contribution in [3.8, 4) is 0 Å². The van der Waals surface area contributed by atoms with Crippen LogP contribution in [0, 0.1) is 0 Å². The molecule has 5 nitrogen and oxygen atoms in total. The molecule has 1 saturated heterocycles. The molecule has 1 aliphatic heterocycles. The fourth-order valence-corrected chi connectivity index (χ4v) is 3.88. The lowest BCUT2D eigenvalue weighted by Crippen LogP contribution is -2.55. The van der Waals surface area contributed by atoms with Gasteiger partial charge in [-0.2, -0.15) is 23.1 Å². The Labute approximate surface area is 126 Å². The molecule has 1 fully saturated rings. The van der Waals surface area contributed by atoms with Crippen LogP contribution in [0.2, 0.25) is 0 Å². The number of amides is 2. The number of nitrogens with zero attached hydrogens (tertiary/aromatic N) is 1. The van der Waals surface area contributed by atoms with Gasteiger partial charge in [-0.1, -0.05) is 0 Å². The summed E-state index contributed by atoms with van der Waals surface area (Å²) in [5, 5.41) is 16.1. The Bertz CT molecular complexity index is 464. The van der Waals surface area contributed by atoms with Crippen molar-refractivity contribution in [1.82, 2.24) is 10.2 Å². The van der Waals surface area contributed by atoms with E-state index in [1.54, 1.807) is 23.1 Å². The molecule has 20 heavy (non-hydrogen) atoms. The number of nitrogens with one attached hydrogen (secondary N) is 1. The lowest BCUT2D eigenvalue weighted by Gasteiger charge is -2.33. The molecule has 2 N–H and O–H groups in total. The number of carbonyl (C=O) groups excluding carboxylic acids is 1. The summed E-state index contributed by atoms with van der Waals surface area (Å²) in [5.74, 6) is 0.315. The average Bonchev–Trinajstić information content (AvgIpc) is 2.91. The van der Waals surface area contributed by atoms with E-state index in [0.29, 0.717) is 12.3 Å². The fourth-order valence-electron chi connectivity index (χ4n) is 2.16. The van der Waals surface area contributed by atoms with Crippen molar-refractivity contribution in [2.24, 2.45) is 0 Å². The summed E-state index contributed by atoms with van der Waals surface area (Å²) < 4.78 is 0. The zero-order valence-corrected chi connectivity index (χ0v) is 12.9. The van der Waals surface area contributed by atoms with Gasteiger partial charge in [0.1, 0.15) is 6.04 Å². The molecule has 0 bridgehead atoms. The minimum Gasteiger partial charge on any atom is -0.480 e. The van der Waals surface area contributed by atoms with Gasteiger partial charge in [-0.05, 0) is 35.7 Å². The number of carbonyl (C=O) groups is 2. The van der Waals surface area contributed by atoms with Crippen molar-refractivity contribution in [2.75, 3.05) is 18.1 Å². The maximum Gasteiger partial charge on any atom is 0.327 e. The van der Waals surface area contributed by atoms with Gasteiger partial charge >= 0.3 is 12.0 Å². The van der Waals surface area contributed by atoms with Gasteiger partial charge in [0.05, 0.1) is 0 Å². The molecular formula is C13H18N2O3S2. The zero-order chi connectivity index (χ0) is 14.5. The molecule has 0 aromatic carbocycles. The van der Waals surface area contributed by atoms with Crippen LogP contribution >= 0.6 is 23.1 Å². The lowest BCUT2D eigenvalue weighted by atomic mass is 10.1. The lowest BCUT2D eigenvalue weighted by molar-refractivity contribution is -0.141. The second kappa shape index (κ2) is 6.99. The van der Waals surface area contributed by atoms with Crippen LogP contribution in [0.15, 0.2) is 16.8 Å². The van der Waals surface area contributed by atoms with Crippen molar-refractivity contribution in [3.05, 3.63) is 22.4 Å². The second-order valence-electron chi connectivity index (χ2n) is 4.81. The van der Waals surface area contributed by atoms with Crippen molar-refractivity contribution >= 4 is 35.1 Å². The van der Waals surface area contributed by atoms with Crippen LogP contribution in [0.3, 0.4) is 0 Å². The highest BCUT2D eigenvalue weighted by Gasteiger charge is 2.32. The van der Waals surface area contributed by atoms with Gasteiger partial charge in [0.2, 0.25) is 0 Å². The van der Waals surface area contributed by atoms with E-state index >= 15 is 0 Å². The summed E-state index contributed by atoms with van der Waals surface area (Å²) in [5.41, 5.74) is 1.19. The summed E-state index contributed by atoms with van der Waals surface area (Å²) in [6.07, 6.45) is 0.759. The van der Waals surface area contributed by atoms with Gasteiger partial charge in [-0.15, -0.1) is 0 Å². The molecule has 7 heteroatoms. The Balaban J connectivity index is 1.90. The quantitative estimate of drug-likeness (QED) is 0.890. The Hall–Kier alpha value is -1.21. The highest BCUT2D eigenvalue weighted by Crippen LogP contribution is 2.17. The molecule has 2 rings (SSSR count). The SMILES string of the molecule is CC(Cc1ccsc1)NC(=O)N1CCSCC1C(=O)O. The number of carboxylic acid groups (broad SMARTS) is 1. The van der Waals surface area contributed by atoms with Gasteiger partial charge in [-0.3, -0.25) is 0 Å². The van der Waals surface area contributed by atoms with Gasteiger partial charge in [0, 0.05) is 24.1 Å². The topological polar surface area (TPSA) is 69.6 Å². The first-order valence-corrected chi connectivity index (χ1v) is 8.56. The van der Waals surface area contributed by atoms with Crippen molar-refractivity contribution in [2.45, 2.75) is 25.4 Å². The van der Waals surface area contributed by atoms with Crippen molar-refractivity contribution < 1.29 is 14.7 Å². The van der Waals surface area contributed by atoms with E-state index in [4.69, 9.17) is 5.11 Å². The standard InChI is InChI=1S/C13H18N2O3S2/c1-9(6-10-2-4-19-7-10)14-13(18)15-3-5-20-8-11(15)12(16)17/h2,4,7,9,11H,3,5-6,8H2,1H3,(H,14,18)(H,16,17). The summed E-state index contributed by atoms with van der Waals surface area (Å²) in [6, 6.07) is 1.02. The molecule has 2 unspecified atom stereocenters. The smallest absolute Gasteiger partial charge is 0.327 e. The molecule has 0 spiro atoms. The predicted octanol–water partition coefficient (Wildman–Crippen LogP) is 1.89. The zero-order valence-electron chi connectivity index (χ0n) is 11.2. The van der Waals surface area contributed by atoms with Crippen LogP contribution in [0.25, 0.3) is 0 Å². The summed E-state index contributed by atoms with van der Waals surface area (Å²) in [7, 11) is 0. The number of hydrogen-bond acceptors (Lipinski definition) is 4. The van der Waals surface area contributed by atoms with Crippen LogP contribution < -0.4 is 5.32 Å². The maximum atomic E-state index is 12.2. The molecule has 2 atom stereocenters. The van der Waals surface area contributed by atoms with Gasteiger partial charge in [0.15, 0.2) is 0 Å². The monoisotopic (exact) mass is 314 g/mol. The van der Waals surface area contributed by atoms with Crippen LogP contribution in [0.5, 0.6) is 0 Å². The van der Waals surface area contributed by atoms with E-state index in [1.165, 1.54) is 10.5 Å². The Morgan fingerprint density at radius 3 is 3.05 bits per heavy atom. The number of carboxylic acids is 1. The fraction of sp³-hybridized carbons (Fsp3) is 0.538. The third kappa shape index (κ3) is 3.89. The average molecular weight is 314 g/mol. The molecule has 1 aromatic rings. The molecule has 2 heterocycles. The van der Waals surface area contributed by atoms with Crippen molar-refractivity contribution in [3.63, 3.8) is 0 Å². The number of thiophene rings is 1. The normalized spacial score (nSPS) is 20.4. The highest BCUT2D eigenvalue weighted by atomic mass is 32.2. The first kappa shape index (κ1) is 15.2. The number of urea groups is 1. The van der Waals surface area contributed by atoms with E-state index < -0.39 is 12.0 Å². The van der Waals surface area contributed by atoms with Gasteiger partial charge in [-0.25, -0.2) is 9.59 Å². The van der Waals surface area contributed by atoms with Crippen LogP contribution in [-0.4, -0.2) is 52.1 Å². The van der Waals surface area contributed by atoms with E-state index in [9.17, 15) is 9.59 Å². The Morgan fingerprint density at radius 2 is 2.40 bits per heavy atom. The van der Waals surface area contributed by atoms with Crippen molar-refractivity contribution in [1.29, 1.82) is 0 Å². The van der Waals surface area contributed by atoms with Crippen LogP contribution in [-0.2, 0) is 11.2 Å². The van der Waals surface area contributed by atoms with Gasteiger partial charge in [0.25, 0.3) is 0 Å². The summed E-state index contributed by atoms with van der Waals surface area (Å²) in [4.78, 5) is 24.8. The molecule has 2 amide bonds. The van der Waals surface area contributed by atoms with Crippen LogP contribution in [0.1, 0.15) is 12.5 Å². The molecule has 1 aromatic heterocycles. The molecule has 0 saturated carbocycles. The predicted molar refractivity (Wildman–Crippen MR) is 81.5 cm³/mol. The maximum absolute atomic E-state index is 12.2. The third-order valence-electron chi connectivity index (χ3n) is 3.17. The first-order valence-electron chi connectivity index (χ1n) is 6.46. The molecular weight excluding hydrogens is 296 g/mol. The molecule has 1 aliphatic rings. The minimum atomic E-state index is -0.933. The number of aliphatic carboxylic acids is 1. The number of hydrogen-bond donors (Lipinski definition) is 2. The Kier molecular flexibility index (Phi) is 5.31. The van der Waals surface area contributed by atoms with E-state index in [-0.39, 0.29) is 12.1 Å². The summed E-state index contributed by atoms with van der Waals surface area (Å²) in [6.45, 7) is 2.42. The summed E-state index contributed by atoms with van der Waals surface area (Å²) >= 11 is 3.20. The largest absolute Gasteiger partial charge is 0.480 e.